The van der Waals surface area contributed by atoms with Gasteiger partial charge >= 0.3 is 11.9 Å². The Bertz CT molecular complexity index is 2780. The molecule has 1 N–H and O–H groups in total. The zero-order chi connectivity index (χ0) is 41.5. The van der Waals surface area contributed by atoms with Gasteiger partial charge in [-0.3, -0.25) is 4.79 Å². The zero-order valence-electron chi connectivity index (χ0n) is 32.5. The van der Waals surface area contributed by atoms with Gasteiger partial charge in [-0.2, -0.15) is 0 Å². The van der Waals surface area contributed by atoms with E-state index in [1.54, 1.807) is 78.9 Å². The number of aromatic nitrogens is 2. The normalized spacial score (nSPS) is 18.3. The van der Waals surface area contributed by atoms with E-state index in [9.17, 15) is 36.3 Å². The first-order chi connectivity index (χ1) is 27.6. The summed E-state index contributed by atoms with van der Waals surface area (Å²) in [6.07, 6.45) is 6.44. The number of hydrogen-bond acceptors (Lipinski definition) is 10. The van der Waals surface area contributed by atoms with Crippen molar-refractivity contribution in [1.82, 2.24) is 7.94 Å². The number of aryl methyl sites for hydroxylation is 2. The van der Waals surface area contributed by atoms with E-state index in [-0.39, 0.29) is 50.2 Å². The first-order valence-electron chi connectivity index (χ1n) is 18.9. The summed E-state index contributed by atoms with van der Waals surface area (Å²) in [5.41, 5.74) is 4.72. The lowest BCUT2D eigenvalue weighted by atomic mass is 9.93. The Balaban J connectivity index is 0.000000177. The molecule has 2 aromatic heterocycles. The highest BCUT2D eigenvalue weighted by Gasteiger charge is 2.31. The third-order valence-corrected chi connectivity index (χ3v) is 14.6. The van der Waals surface area contributed by atoms with E-state index in [0.717, 1.165) is 43.0 Å². The highest BCUT2D eigenvalue weighted by atomic mass is 32.2. The van der Waals surface area contributed by atoms with Crippen LogP contribution in [-0.2, 0) is 34.3 Å². The second kappa shape index (κ2) is 16.0. The van der Waals surface area contributed by atoms with E-state index in [0.29, 0.717) is 42.0 Å². The number of methoxy groups -OCH3 is 2. The summed E-state index contributed by atoms with van der Waals surface area (Å²) < 4.78 is 65.4. The maximum absolute atomic E-state index is 13.3. The Kier molecular flexibility index (Phi) is 11.2. The molecule has 0 radical (unpaired) electrons. The van der Waals surface area contributed by atoms with E-state index in [1.807, 2.05) is 19.9 Å². The molecule has 2 heterocycles. The van der Waals surface area contributed by atoms with Crippen molar-refractivity contribution in [3.8, 4) is 0 Å². The Morgan fingerprint density at radius 2 is 1.07 bits per heavy atom. The van der Waals surface area contributed by atoms with Crippen molar-refractivity contribution in [2.75, 3.05) is 14.2 Å². The minimum Gasteiger partial charge on any atom is -0.465 e. The number of esters is 2. The van der Waals surface area contributed by atoms with Gasteiger partial charge in [0.1, 0.15) is 5.78 Å². The number of aliphatic hydroxyl groups is 1. The molecule has 0 unspecified atom stereocenters. The van der Waals surface area contributed by atoms with E-state index >= 15 is 0 Å². The second-order valence-corrected chi connectivity index (χ2v) is 18.5. The number of ketones is 1. The molecule has 4 aromatic carbocycles. The summed E-state index contributed by atoms with van der Waals surface area (Å²) in [4.78, 5) is 36.9. The fourth-order valence-electron chi connectivity index (χ4n) is 8.14. The van der Waals surface area contributed by atoms with E-state index in [2.05, 4.69) is 0 Å². The minimum absolute atomic E-state index is 0.0228. The number of rotatable bonds is 8. The van der Waals surface area contributed by atoms with E-state index in [4.69, 9.17) is 9.47 Å². The van der Waals surface area contributed by atoms with Gasteiger partial charge in [-0.05, 0) is 111 Å². The third kappa shape index (κ3) is 7.47. The molecule has 0 bridgehead atoms. The number of hydrogen-bond donors (Lipinski definition) is 1. The Morgan fingerprint density at radius 1 is 0.621 bits per heavy atom. The maximum Gasteiger partial charge on any atom is 0.340 e. The highest BCUT2D eigenvalue weighted by Crippen LogP contribution is 2.41. The molecular weight excluding hydrogens is 781 g/mol. The van der Waals surface area contributed by atoms with Crippen molar-refractivity contribution in [1.29, 1.82) is 0 Å². The molecule has 2 saturated carbocycles. The molecule has 3 atom stereocenters. The summed E-state index contributed by atoms with van der Waals surface area (Å²) in [5.74, 6) is -0.853. The molecule has 12 nitrogen and oxygen atoms in total. The molecule has 2 aliphatic rings. The number of benzene rings is 4. The number of carbonyl (C=O) groups is 3. The SMILES string of the molecule is COC(=O)c1ccc([C@@H]2CCC(=O)C2)c2ccn(S(=O)(=O)c3ccc(C)cc3)c12.COC(=O)c1ccc([C@@H]2CC[C@H](O)C2)c2ccn(S(=O)(=O)c3ccc(C)cc3)c12. The minimum atomic E-state index is -3.91. The summed E-state index contributed by atoms with van der Waals surface area (Å²) in [6, 6.07) is 23.5. The molecule has 58 heavy (non-hydrogen) atoms. The predicted molar refractivity (Wildman–Crippen MR) is 218 cm³/mol. The number of carbonyl (C=O) groups excluding carboxylic acids is 3. The van der Waals surface area contributed by atoms with Gasteiger partial charge in [0, 0.05) is 36.0 Å². The molecule has 302 valence electrons. The zero-order valence-corrected chi connectivity index (χ0v) is 34.2. The van der Waals surface area contributed by atoms with Crippen LogP contribution in [0.3, 0.4) is 0 Å². The molecule has 6 aromatic rings. The first kappa shape index (κ1) is 40.6. The van der Waals surface area contributed by atoms with Crippen LogP contribution in [0.4, 0.5) is 0 Å². The number of fused-ring (bicyclic) bond motifs is 2. The largest absolute Gasteiger partial charge is 0.465 e. The monoisotopic (exact) mass is 824 g/mol. The Labute approximate surface area is 337 Å². The fourth-order valence-corrected chi connectivity index (χ4v) is 10.9. The molecule has 0 amide bonds. The highest BCUT2D eigenvalue weighted by molar-refractivity contribution is 7.90. The van der Waals surface area contributed by atoms with Crippen molar-refractivity contribution in [2.24, 2.45) is 0 Å². The quantitative estimate of drug-likeness (QED) is 0.153. The molecule has 0 spiro atoms. The van der Waals surface area contributed by atoms with Gasteiger partial charge in [-0.1, -0.05) is 47.5 Å². The molecule has 14 heteroatoms. The van der Waals surface area contributed by atoms with Crippen molar-refractivity contribution in [2.45, 2.75) is 80.1 Å². The summed E-state index contributed by atoms with van der Waals surface area (Å²) in [7, 11) is -5.27. The Hall–Kier alpha value is -5.57. The second-order valence-electron chi connectivity index (χ2n) is 14.9. The topological polar surface area (TPSA) is 168 Å². The lowest BCUT2D eigenvalue weighted by Crippen LogP contribution is -2.15. The first-order valence-corrected chi connectivity index (χ1v) is 21.8. The van der Waals surface area contributed by atoms with Crippen LogP contribution in [0.15, 0.2) is 107 Å². The standard InChI is InChI=1S/C22H23NO5S.C22H21NO5S/c2*1-14-3-7-17(8-4-14)29(26,27)23-12-11-19-18(15-5-6-16(24)13-15)9-10-20(21(19)23)22(25)28-2/h3-4,7-12,15-16,24H,5-6,13H2,1-2H3;3-4,7-12,15H,5-6,13H2,1-2H3/t15-,16+;15-/m11/s1. The number of ether oxygens (including phenoxy) is 2. The molecular formula is C44H44N2O10S2. The Morgan fingerprint density at radius 3 is 1.45 bits per heavy atom. The predicted octanol–water partition coefficient (Wildman–Crippen LogP) is 7.41. The molecule has 2 fully saturated rings. The summed E-state index contributed by atoms with van der Waals surface area (Å²) in [5, 5.41) is 11.3. The van der Waals surface area contributed by atoms with Crippen LogP contribution >= 0.6 is 0 Å². The van der Waals surface area contributed by atoms with Crippen molar-refractivity contribution >= 4 is 59.6 Å². The van der Waals surface area contributed by atoms with Gasteiger partial charge in [0.15, 0.2) is 0 Å². The van der Waals surface area contributed by atoms with Crippen molar-refractivity contribution in [3.63, 3.8) is 0 Å². The number of nitrogens with zero attached hydrogens (tertiary/aromatic N) is 2. The van der Waals surface area contributed by atoms with Gasteiger partial charge in [0.05, 0.1) is 52.3 Å². The average Bonchev–Trinajstić information content (AvgIpc) is 4.04. The smallest absolute Gasteiger partial charge is 0.340 e. The van der Waals surface area contributed by atoms with Crippen LogP contribution in [0, 0.1) is 13.8 Å². The van der Waals surface area contributed by atoms with Crippen LogP contribution in [-0.4, -0.2) is 67.9 Å². The van der Waals surface area contributed by atoms with Crippen molar-refractivity contribution in [3.05, 3.63) is 131 Å². The van der Waals surface area contributed by atoms with Gasteiger partial charge in [-0.25, -0.2) is 34.4 Å². The average molecular weight is 825 g/mol. The molecule has 2 aliphatic carbocycles. The molecule has 0 saturated heterocycles. The van der Waals surface area contributed by atoms with Crippen LogP contribution < -0.4 is 0 Å². The molecule has 8 rings (SSSR count). The fraction of sp³-hybridized carbons (Fsp3) is 0.295. The third-order valence-electron chi connectivity index (χ3n) is 11.2. The van der Waals surface area contributed by atoms with Gasteiger partial charge in [0.2, 0.25) is 0 Å². The summed E-state index contributed by atoms with van der Waals surface area (Å²) in [6.45, 7) is 3.77. The van der Waals surface area contributed by atoms with Crippen molar-refractivity contribution < 1.29 is 45.8 Å². The lowest BCUT2D eigenvalue weighted by molar-refractivity contribution is -0.117. The lowest BCUT2D eigenvalue weighted by Gasteiger charge is -2.15. The van der Waals surface area contributed by atoms with Crippen LogP contribution in [0.25, 0.3) is 21.8 Å². The van der Waals surface area contributed by atoms with Crippen LogP contribution in [0.1, 0.15) is 93.3 Å². The summed E-state index contributed by atoms with van der Waals surface area (Å²) >= 11 is 0. The van der Waals surface area contributed by atoms with E-state index < -0.39 is 32.0 Å². The van der Waals surface area contributed by atoms with Gasteiger partial charge in [0.25, 0.3) is 20.0 Å². The van der Waals surface area contributed by atoms with Crippen LogP contribution in [0.5, 0.6) is 0 Å². The van der Waals surface area contributed by atoms with Gasteiger partial charge in [-0.15, -0.1) is 0 Å². The van der Waals surface area contributed by atoms with Gasteiger partial charge < -0.3 is 14.6 Å². The number of Topliss-reactive ketones (excluding diaryl/α,β-unsaturated/α-hetero) is 1. The molecule has 0 aliphatic heterocycles. The number of aliphatic hydroxyl groups excluding tert-OH is 1. The van der Waals surface area contributed by atoms with E-state index in [1.165, 1.54) is 26.6 Å². The van der Waals surface area contributed by atoms with Crippen LogP contribution in [0.2, 0.25) is 0 Å². The maximum atomic E-state index is 13.3.